The molecule has 0 aliphatic carbocycles. The number of nitrogens with zero attached hydrogens (tertiary/aromatic N) is 3. The van der Waals surface area contributed by atoms with E-state index in [2.05, 4.69) is 10.1 Å². The van der Waals surface area contributed by atoms with Gasteiger partial charge in [-0.15, -0.1) is 0 Å². The second kappa shape index (κ2) is 8.77. The molecule has 1 atom stereocenters. The highest BCUT2D eigenvalue weighted by Gasteiger charge is 2.09. The monoisotopic (exact) mass is 352 g/mol. The maximum Gasteiger partial charge on any atom is 0.338 e. The molecule has 2 aromatic carbocycles. The number of nitrogens with two attached hydrogens (primary N) is 1. The maximum atomic E-state index is 12.1. The molecule has 0 bridgehead atoms. The Hall–Kier alpha value is -3.19. The summed E-state index contributed by atoms with van der Waals surface area (Å²) in [6.07, 6.45) is 3.07. The minimum Gasteiger partial charge on any atom is -0.492 e. The average molecular weight is 352 g/mol. The lowest BCUT2D eigenvalue weighted by atomic mass is 10.2. The van der Waals surface area contributed by atoms with Gasteiger partial charge in [0, 0.05) is 0 Å². The molecular formula is C19H20N4O3. The molecule has 7 nitrogen and oxygen atoms in total. The van der Waals surface area contributed by atoms with Crippen LogP contribution in [0.15, 0.2) is 67.3 Å². The summed E-state index contributed by atoms with van der Waals surface area (Å²) in [6, 6.07) is 16.1. The quantitative estimate of drug-likeness (QED) is 0.624. The minimum atomic E-state index is -0.372. The molecule has 0 unspecified atom stereocenters. The molecule has 2 N–H and O–H groups in total. The van der Waals surface area contributed by atoms with E-state index in [1.807, 2.05) is 30.3 Å². The van der Waals surface area contributed by atoms with E-state index < -0.39 is 0 Å². The number of aromatic nitrogens is 3. The van der Waals surface area contributed by atoms with Crippen LogP contribution in [0.1, 0.15) is 15.9 Å². The summed E-state index contributed by atoms with van der Waals surface area (Å²) < 4.78 is 12.6. The topological polar surface area (TPSA) is 92.3 Å². The normalized spacial score (nSPS) is 11.7. The number of carbonyl (C=O) groups excluding carboxylic acids is 1. The lowest BCUT2D eigenvalue weighted by Crippen LogP contribution is -2.32. The van der Waals surface area contributed by atoms with E-state index in [0.717, 1.165) is 5.56 Å². The molecule has 1 heterocycles. The molecule has 3 rings (SSSR count). The Morgan fingerprint density at radius 1 is 1.12 bits per heavy atom. The first-order valence-electron chi connectivity index (χ1n) is 8.22. The van der Waals surface area contributed by atoms with Crippen molar-refractivity contribution in [1.29, 1.82) is 0 Å². The fourth-order valence-electron chi connectivity index (χ4n) is 2.32. The molecule has 134 valence electrons. The van der Waals surface area contributed by atoms with Crippen LogP contribution in [0.25, 0.3) is 0 Å². The van der Waals surface area contributed by atoms with Gasteiger partial charge in [0.1, 0.15) is 31.6 Å². The summed E-state index contributed by atoms with van der Waals surface area (Å²) in [6.45, 7) is 1.09. The molecule has 0 aliphatic rings. The number of benzene rings is 2. The van der Waals surface area contributed by atoms with Crippen molar-refractivity contribution in [3.05, 3.63) is 78.4 Å². The molecule has 0 aliphatic heterocycles. The molecule has 1 aromatic heterocycles. The Bertz CT molecular complexity index is 805. The summed E-state index contributed by atoms with van der Waals surface area (Å²) in [4.78, 5) is 15.9. The van der Waals surface area contributed by atoms with Crippen molar-refractivity contribution in [2.24, 2.45) is 5.73 Å². The van der Waals surface area contributed by atoms with E-state index in [1.165, 1.54) is 6.33 Å². The summed E-state index contributed by atoms with van der Waals surface area (Å²) >= 11 is 0. The highest BCUT2D eigenvalue weighted by Crippen LogP contribution is 2.14. The third-order valence-corrected chi connectivity index (χ3v) is 3.65. The van der Waals surface area contributed by atoms with E-state index >= 15 is 0 Å². The van der Waals surface area contributed by atoms with Crippen LogP contribution in [-0.4, -0.2) is 33.4 Å². The van der Waals surface area contributed by atoms with Crippen molar-refractivity contribution >= 4 is 5.97 Å². The minimum absolute atomic E-state index is 0.216. The Kier molecular flexibility index (Phi) is 5.95. The number of hydrogen-bond acceptors (Lipinski definition) is 6. The van der Waals surface area contributed by atoms with E-state index in [4.69, 9.17) is 15.2 Å². The summed E-state index contributed by atoms with van der Waals surface area (Å²) in [5.74, 6) is 0.266. The molecular weight excluding hydrogens is 332 g/mol. The van der Waals surface area contributed by atoms with Crippen LogP contribution in [0.2, 0.25) is 0 Å². The predicted octanol–water partition coefficient (Wildman–Crippen LogP) is 2.04. The van der Waals surface area contributed by atoms with Crippen molar-refractivity contribution in [1.82, 2.24) is 14.8 Å². The fourth-order valence-corrected chi connectivity index (χ4v) is 2.32. The third-order valence-electron chi connectivity index (χ3n) is 3.65. The van der Waals surface area contributed by atoms with Crippen molar-refractivity contribution in [3.8, 4) is 5.75 Å². The van der Waals surface area contributed by atoms with Crippen LogP contribution in [-0.2, 0) is 17.9 Å². The van der Waals surface area contributed by atoms with Crippen molar-refractivity contribution in [2.45, 2.75) is 19.2 Å². The first kappa shape index (κ1) is 17.6. The van der Waals surface area contributed by atoms with E-state index in [-0.39, 0.29) is 18.6 Å². The highest BCUT2D eigenvalue weighted by atomic mass is 16.5. The van der Waals surface area contributed by atoms with Gasteiger partial charge >= 0.3 is 5.97 Å². The van der Waals surface area contributed by atoms with Crippen molar-refractivity contribution < 1.29 is 14.3 Å². The second-order valence-corrected chi connectivity index (χ2v) is 5.77. The second-order valence-electron chi connectivity index (χ2n) is 5.77. The van der Waals surface area contributed by atoms with Gasteiger partial charge in [-0.2, -0.15) is 5.10 Å². The number of rotatable bonds is 8. The zero-order chi connectivity index (χ0) is 18.2. The van der Waals surface area contributed by atoms with Crippen molar-refractivity contribution in [3.63, 3.8) is 0 Å². The molecule has 0 fully saturated rings. The van der Waals surface area contributed by atoms with Crippen LogP contribution in [0.5, 0.6) is 5.75 Å². The van der Waals surface area contributed by atoms with Gasteiger partial charge in [0.05, 0.1) is 18.2 Å². The molecule has 0 amide bonds. The van der Waals surface area contributed by atoms with Gasteiger partial charge < -0.3 is 15.2 Å². The molecule has 0 radical (unpaired) electrons. The lowest BCUT2D eigenvalue weighted by molar-refractivity contribution is 0.0472. The predicted molar refractivity (Wildman–Crippen MR) is 95.5 cm³/mol. The van der Waals surface area contributed by atoms with Crippen LogP contribution in [0, 0.1) is 0 Å². The van der Waals surface area contributed by atoms with E-state index in [0.29, 0.717) is 24.5 Å². The van der Waals surface area contributed by atoms with Crippen LogP contribution in [0.3, 0.4) is 0 Å². The van der Waals surface area contributed by atoms with Gasteiger partial charge in [-0.05, 0) is 29.8 Å². The molecule has 26 heavy (non-hydrogen) atoms. The molecule has 0 saturated heterocycles. The molecule has 3 aromatic rings. The number of carbonyl (C=O) groups is 1. The summed E-state index contributed by atoms with van der Waals surface area (Å²) in [5.41, 5.74) is 7.42. The lowest BCUT2D eigenvalue weighted by Gasteiger charge is -2.13. The number of hydrogen-bond donors (Lipinski definition) is 1. The largest absolute Gasteiger partial charge is 0.492 e. The Labute approximate surface area is 151 Å². The highest BCUT2D eigenvalue weighted by molar-refractivity contribution is 5.89. The standard InChI is InChI=1S/C19H20N4O3/c20-17(10-23-14-21-13-22-23)12-25-18-8-6-16(7-9-18)19(24)26-11-15-4-2-1-3-5-15/h1-9,13-14,17H,10-12,20H2/t17-/m1/s1. The van der Waals surface area contributed by atoms with Gasteiger partial charge in [-0.25, -0.2) is 9.78 Å². The first-order chi connectivity index (χ1) is 12.7. The zero-order valence-corrected chi connectivity index (χ0v) is 14.2. The summed E-state index contributed by atoms with van der Waals surface area (Å²) in [7, 11) is 0. The summed E-state index contributed by atoms with van der Waals surface area (Å²) in [5, 5.41) is 4.00. The maximum absolute atomic E-state index is 12.1. The van der Waals surface area contributed by atoms with Gasteiger partial charge in [-0.3, -0.25) is 4.68 Å². The van der Waals surface area contributed by atoms with Gasteiger partial charge in [0.25, 0.3) is 0 Å². The third kappa shape index (κ3) is 5.15. The Balaban J connectivity index is 1.46. The average Bonchev–Trinajstić information content (AvgIpc) is 3.18. The Morgan fingerprint density at radius 2 is 1.88 bits per heavy atom. The van der Waals surface area contributed by atoms with E-state index in [9.17, 15) is 4.79 Å². The van der Waals surface area contributed by atoms with Gasteiger partial charge in [-0.1, -0.05) is 30.3 Å². The van der Waals surface area contributed by atoms with Crippen LogP contribution in [0.4, 0.5) is 0 Å². The number of ether oxygens (including phenoxy) is 2. The molecule has 0 saturated carbocycles. The van der Waals surface area contributed by atoms with E-state index in [1.54, 1.807) is 35.3 Å². The van der Waals surface area contributed by atoms with Crippen molar-refractivity contribution in [2.75, 3.05) is 6.61 Å². The first-order valence-corrected chi connectivity index (χ1v) is 8.22. The zero-order valence-electron chi connectivity index (χ0n) is 14.2. The molecule has 7 heteroatoms. The smallest absolute Gasteiger partial charge is 0.338 e. The van der Waals surface area contributed by atoms with Gasteiger partial charge in [0.15, 0.2) is 0 Å². The van der Waals surface area contributed by atoms with Crippen LogP contribution < -0.4 is 10.5 Å². The van der Waals surface area contributed by atoms with Crippen LogP contribution >= 0.6 is 0 Å². The fraction of sp³-hybridized carbons (Fsp3) is 0.211. The molecule has 0 spiro atoms. The van der Waals surface area contributed by atoms with Gasteiger partial charge in [0.2, 0.25) is 0 Å². The Morgan fingerprint density at radius 3 is 2.58 bits per heavy atom. The SMILES string of the molecule is N[C@@H](COc1ccc(C(=O)OCc2ccccc2)cc1)Cn1cncn1. The number of esters is 1.